The quantitative estimate of drug-likeness (QED) is 0.588. The zero-order chi connectivity index (χ0) is 20.8. The third-order valence-corrected chi connectivity index (χ3v) is 9.89. The van der Waals surface area contributed by atoms with E-state index in [2.05, 4.69) is 61.5 Å². The number of hydrogen-bond donors (Lipinski definition) is 1. The van der Waals surface area contributed by atoms with Crippen LogP contribution in [0.4, 0.5) is 0 Å². The predicted molar refractivity (Wildman–Crippen MR) is 126 cm³/mol. The van der Waals surface area contributed by atoms with E-state index in [9.17, 15) is 0 Å². The van der Waals surface area contributed by atoms with Crippen molar-refractivity contribution in [2.75, 3.05) is 0 Å². The lowest BCUT2D eigenvalue weighted by Crippen LogP contribution is -2.54. The monoisotopic (exact) mass is 411 g/mol. The van der Waals surface area contributed by atoms with E-state index >= 15 is 0 Å². The van der Waals surface area contributed by atoms with Gasteiger partial charge in [0.15, 0.2) is 0 Å². The standard InChI is InChI=1S/C29H33NO/c1-27-13-12-23-17-22-8-9-24(30)18-28(22)14-15-29(23,31-28)26(27)11-10-25(27)21-7-6-19-4-2-3-5-20(19)16-21/h2-7,12,16-17,24-26H,8-11,13-15,18,30H2,1H3/t24-,25+,26+,27+,28?,29+/m0/s1. The fraction of sp³-hybridized carbons (Fsp3) is 0.517. The van der Waals surface area contributed by atoms with E-state index in [-0.39, 0.29) is 16.6 Å². The Labute approximate surface area is 185 Å². The first kappa shape index (κ1) is 18.7. The van der Waals surface area contributed by atoms with Crippen molar-refractivity contribution < 1.29 is 4.74 Å². The van der Waals surface area contributed by atoms with Gasteiger partial charge in [-0.1, -0.05) is 61.5 Å². The average Bonchev–Trinajstić information content (AvgIpc) is 3.28. The van der Waals surface area contributed by atoms with Crippen molar-refractivity contribution in [3.63, 3.8) is 0 Å². The molecule has 1 saturated heterocycles. The Morgan fingerprint density at radius 2 is 1.87 bits per heavy atom. The highest BCUT2D eigenvalue weighted by Gasteiger charge is 2.66. The molecule has 2 saturated carbocycles. The smallest absolute Gasteiger partial charge is 0.0974 e. The Morgan fingerprint density at radius 3 is 2.77 bits per heavy atom. The molecule has 2 heteroatoms. The second-order valence-electron chi connectivity index (χ2n) is 11.3. The lowest BCUT2D eigenvalue weighted by atomic mass is 9.58. The Kier molecular flexibility index (Phi) is 3.68. The maximum absolute atomic E-state index is 7.27. The van der Waals surface area contributed by atoms with Gasteiger partial charge in [0.1, 0.15) is 0 Å². The summed E-state index contributed by atoms with van der Waals surface area (Å²) in [6.07, 6.45) is 14.4. The van der Waals surface area contributed by atoms with Crippen LogP contribution in [0.1, 0.15) is 69.8 Å². The van der Waals surface area contributed by atoms with Gasteiger partial charge in [0.25, 0.3) is 0 Å². The van der Waals surface area contributed by atoms with Crippen LogP contribution in [0.15, 0.2) is 65.8 Å². The van der Waals surface area contributed by atoms with Crippen LogP contribution in [0.2, 0.25) is 0 Å². The maximum Gasteiger partial charge on any atom is 0.0974 e. The summed E-state index contributed by atoms with van der Waals surface area (Å²) in [6, 6.07) is 16.2. The molecule has 160 valence electrons. The topological polar surface area (TPSA) is 35.2 Å². The summed E-state index contributed by atoms with van der Waals surface area (Å²) in [7, 11) is 0. The molecule has 3 aliphatic carbocycles. The van der Waals surface area contributed by atoms with Crippen molar-refractivity contribution >= 4 is 10.8 Å². The van der Waals surface area contributed by atoms with Gasteiger partial charge in [-0.3, -0.25) is 0 Å². The molecule has 2 heterocycles. The maximum atomic E-state index is 7.27. The molecule has 31 heavy (non-hydrogen) atoms. The summed E-state index contributed by atoms with van der Waals surface area (Å²) in [5.74, 6) is 1.21. The molecule has 2 bridgehead atoms. The molecule has 2 spiro atoms. The number of rotatable bonds is 1. The fourth-order valence-corrected chi connectivity index (χ4v) is 8.42. The first-order valence-electron chi connectivity index (χ1n) is 12.4. The van der Waals surface area contributed by atoms with Crippen molar-refractivity contribution in [2.45, 2.75) is 81.5 Å². The molecule has 0 aromatic heterocycles. The van der Waals surface area contributed by atoms with Crippen molar-refractivity contribution in [3.05, 3.63) is 71.3 Å². The molecule has 3 fully saturated rings. The molecule has 0 radical (unpaired) electrons. The van der Waals surface area contributed by atoms with Crippen molar-refractivity contribution in [3.8, 4) is 0 Å². The molecule has 2 aromatic rings. The van der Waals surface area contributed by atoms with Crippen LogP contribution in [0.25, 0.3) is 10.8 Å². The number of benzene rings is 2. The second kappa shape index (κ2) is 6.11. The van der Waals surface area contributed by atoms with E-state index in [0.717, 1.165) is 25.7 Å². The SMILES string of the molecule is C[C@]12CC=C3C=C4CC[C@H](N)CC45CC[C@]3(O5)[C@@H]1CC[C@@H]2c1ccc2ccccc2c1. The highest BCUT2D eigenvalue weighted by atomic mass is 16.5. The van der Waals surface area contributed by atoms with Crippen molar-refractivity contribution in [1.29, 1.82) is 0 Å². The van der Waals surface area contributed by atoms with Gasteiger partial charge in [-0.15, -0.1) is 0 Å². The lowest BCUT2D eigenvalue weighted by molar-refractivity contribution is -0.135. The Bertz CT molecular complexity index is 1150. The van der Waals surface area contributed by atoms with E-state index in [1.165, 1.54) is 47.6 Å². The molecule has 1 unspecified atom stereocenters. The van der Waals surface area contributed by atoms with Gasteiger partial charge in [-0.25, -0.2) is 0 Å². The summed E-state index contributed by atoms with van der Waals surface area (Å²) >= 11 is 0. The number of nitrogens with two attached hydrogens (primary N) is 1. The van der Waals surface area contributed by atoms with E-state index in [4.69, 9.17) is 10.5 Å². The van der Waals surface area contributed by atoms with Gasteiger partial charge in [0.2, 0.25) is 0 Å². The molecule has 6 atom stereocenters. The molecule has 2 nitrogen and oxygen atoms in total. The minimum absolute atomic E-state index is 0.0612. The van der Waals surface area contributed by atoms with E-state index in [1.54, 1.807) is 5.57 Å². The molecule has 7 rings (SSSR count). The summed E-state index contributed by atoms with van der Waals surface area (Å²) in [5, 5.41) is 2.71. The largest absolute Gasteiger partial charge is 0.359 e. The van der Waals surface area contributed by atoms with Crippen molar-refractivity contribution in [2.24, 2.45) is 17.1 Å². The van der Waals surface area contributed by atoms with Crippen LogP contribution in [0.5, 0.6) is 0 Å². The minimum atomic E-state index is -0.0703. The van der Waals surface area contributed by atoms with Crippen LogP contribution in [-0.2, 0) is 4.74 Å². The van der Waals surface area contributed by atoms with Gasteiger partial charge in [-0.05, 0) is 96.1 Å². The van der Waals surface area contributed by atoms with Crippen LogP contribution >= 0.6 is 0 Å². The van der Waals surface area contributed by atoms with Crippen LogP contribution in [0, 0.1) is 11.3 Å². The molecule has 2 aromatic carbocycles. The average molecular weight is 412 g/mol. The number of hydrogen-bond acceptors (Lipinski definition) is 2. The zero-order valence-corrected chi connectivity index (χ0v) is 18.6. The fourth-order valence-electron chi connectivity index (χ4n) is 8.42. The Balaban J connectivity index is 1.31. The third-order valence-electron chi connectivity index (χ3n) is 9.89. The van der Waals surface area contributed by atoms with Gasteiger partial charge in [-0.2, -0.15) is 0 Å². The molecule has 5 aliphatic rings. The Morgan fingerprint density at radius 1 is 1.00 bits per heavy atom. The second-order valence-corrected chi connectivity index (χ2v) is 11.3. The highest BCUT2D eigenvalue weighted by Crippen LogP contribution is 2.69. The summed E-state index contributed by atoms with van der Waals surface area (Å²) < 4.78 is 7.27. The van der Waals surface area contributed by atoms with Crippen LogP contribution in [-0.4, -0.2) is 17.2 Å². The van der Waals surface area contributed by atoms with E-state index in [0.29, 0.717) is 17.9 Å². The summed E-state index contributed by atoms with van der Waals surface area (Å²) in [5.41, 5.74) is 11.1. The van der Waals surface area contributed by atoms with Gasteiger partial charge < -0.3 is 10.5 Å². The number of fused-ring (bicyclic) bond motifs is 2. The van der Waals surface area contributed by atoms with Gasteiger partial charge >= 0.3 is 0 Å². The Hall–Kier alpha value is -1.90. The molecular formula is C29H33NO. The van der Waals surface area contributed by atoms with E-state index in [1.807, 2.05) is 0 Å². The molecule has 2 aliphatic heterocycles. The first-order valence-corrected chi connectivity index (χ1v) is 12.4. The lowest BCUT2D eigenvalue weighted by Gasteiger charge is -2.54. The zero-order valence-electron chi connectivity index (χ0n) is 18.6. The summed E-state index contributed by atoms with van der Waals surface area (Å²) in [6.45, 7) is 2.56. The number of ether oxygens (including phenoxy) is 1. The van der Waals surface area contributed by atoms with Gasteiger partial charge in [0, 0.05) is 6.04 Å². The molecular weight excluding hydrogens is 378 g/mol. The van der Waals surface area contributed by atoms with Crippen molar-refractivity contribution in [1.82, 2.24) is 0 Å². The third kappa shape index (κ3) is 2.36. The highest BCUT2D eigenvalue weighted by molar-refractivity contribution is 5.83. The normalized spacial score (nSPS) is 43.1. The summed E-state index contributed by atoms with van der Waals surface area (Å²) in [4.78, 5) is 0. The minimum Gasteiger partial charge on any atom is -0.359 e. The van der Waals surface area contributed by atoms with Crippen LogP contribution in [0.3, 0.4) is 0 Å². The van der Waals surface area contributed by atoms with Crippen LogP contribution < -0.4 is 5.73 Å². The molecule has 0 amide bonds. The predicted octanol–water partition coefficient (Wildman–Crippen LogP) is 6.41. The van der Waals surface area contributed by atoms with E-state index < -0.39 is 0 Å². The van der Waals surface area contributed by atoms with Gasteiger partial charge in [0.05, 0.1) is 11.2 Å². The molecule has 2 N–H and O–H groups in total. The number of allylic oxidation sites excluding steroid dienone is 1. The first-order chi connectivity index (χ1) is 15.0.